The van der Waals surface area contributed by atoms with Crippen molar-refractivity contribution in [1.82, 2.24) is 0 Å². The van der Waals surface area contributed by atoms with Gasteiger partial charge in [-0.25, -0.2) is 0 Å². The quantitative estimate of drug-likeness (QED) is 0.536. The third kappa shape index (κ3) is 4.47. The van der Waals surface area contributed by atoms with Crippen LogP contribution < -0.4 is 0 Å². The van der Waals surface area contributed by atoms with Crippen LogP contribution in [0.2, 0.25) is 0 Å². The highest BCUT2D eigenvalue weighted by Gasteiger charge is 2.31. The van der Waals surface area contributed by atoms with Crippen molar-refractivity contribution >= 4 is 12.9 Å². The molecule has 20 heavy (non-hydrogen) atoms. The fourth-order valence-electron chi connectivity index (χ4n) is 1.83. The second-order valence-electron chi connectivity index (χ2n) is 4.68. The van der Waals surface area contributed by atoms with E-state index in [1.165, 1.54) is 0 Å². The van der Waals surface area contributed by atoms with Gasteiger partial charge in [-0.15, -0.1) is 5.73 Å². The Kier molecular flexibility index (Phi) is 6.45. The highest BCUT2D eigenvalue weighted by atomic mass is 31.2. The Hall–Kier alpha value is -1.11. The maximum absolute atomic E-state index is 13.0. The fourth-order valence-corrected chi connectivity index (χ4v) is 3.66. The van der Waals surface area contributed by atoms with Crippen molar-refractivity contribution in [3.05, 3.63) is 46.7 Å². The lowest BCUT2D eigenvalue weighted by Gasteiger charge is -2.19. The molecule has 0 saturated carbocycles. The Balaban J connectivity index is 3.48. The van der Waals surface area contributed by atoms with E-state index in [1.54, 1.807) is 0 Å². The summed E-state index contributed by atoms with van der Waals surface area (Å²) in [7, 11) is -3.34. The molecule has 0 atom stereocenters. The molecule has 0 aliphatic heterocycles. The zero-order chi connectivity index (χ0) is 15.2. The molecule has 3 nitrogen and oxygen atoms in total. The summed E-state index contributed by atoms with van der Waals surface area (Å²) in [5.74, 6) is 0. The summed E-state index contributed by atoms with van der Waals surface area (Å²) in [6.45, 7) is 10.1. The molecule has 0 bridgehead atoms. The van der Waals surface area contributed by atoms with Gasteiger partial charge in [0.2, 0.25) is 0 Å². The van der Waals surface area contributed by atoms with E-state index < -0.39 is 7.60 Å². The van der Waals surface area contributed by atoms with Crippen molar-refractivity contribution in [3.8, 4) is 0 Å². The Morgan fingerprint density at radius 1 is 1.20 bits per heavy atom. The molecule has 0 radical (unpaired) electrons. The van der Waals surface area contributed by atoms with Crippen LogP contribution in [0.5, 0.6) is 0 Å². The standard InChI is InChI=1S/C16H23O3P/c1-6-18-20(17,19-7-2)16(11-13(3)4)15-10-8-9-14(5)12-15/h8-10,12H,6-7H2,1-5H3. The van der Waals surface area contributed by atoms with Crippen LogP contribution in [0.3, 0.4) is 0 Å². The monoisotopic (exact) mass is 294 g/mol. The molecule has 1 rings (SSSR count). The third-order valence-corrected chi connectivity index (χ3v) is 4.65. The third-order valence-electron chi connectivity index (χ3n) is 2.53. The topological polar surface area (TPSA) is 35.5 Å². The Bertz CT molecular complexity index is 555. The first-order valence-corrected chi connectivity index (χ1v) is 8.38. The van der Waals surface area contributed by atoms with Crippen molar-refractivity contribution in [1.29, 1.82) is 0 Å². The minimum absolute atomic E-state index is 0.330. The number of hydrogen-bond acceptors (Lipinski definition) is 3. The van der Waals surface area contributed by atoms with Gasteiger partial charge in [-0.1, -0.05) is 29.8 Å². The number of allylic oxidation sites excluding steroid dienone is 1. The van der Waals surface area contributed by atoms with Crippen molar-refractivity contribution in [3.63, 3.8) is 0 Å². The summed E-state index contributed by atoms with van der Waals surface area (Å²) < 4.78 is 23.9. The molecule has 1 aromatic rings. The number of hydrogen-bond donors (Lipinski definition) is 0. The molecule has 0 aliphatic rings. The van der Waals surface area contributed by atoms with E-state index in [4.69, 9.17) is 9.05 Å². The minimum atomic E-state index is -3.34. The molecule has 0 unspecified atom stereocenters. The molecule has 0 N–H and O–H groups in total. The Labute approximate surface area is 121 Å². The van der Waals surface area contributed by atoms with E-state index in [1.807, 2.05) is 58.9 Å². The predicted octanol–water partition coefficient (Wildman–Crippen LogP) is 5.17. The maximum Gasteiger partial charge on any atom is 0.369 e. The van der Waals surface area contributed by atoms with Crippen LogP contribution in [-0.2, 0) is 13.6 Å². The average molecular weight is 294 g/mol. The van der Waals surface area contributed by atoms with Crippen LogP contribution in [0.15, 0.2) is 35.6 Å². The fraction of sp³-hybridized carbons (Fsp3) is 0.438. The smallest absolute Gasteiger partial charge is 0.305 e. The molecule has 0 saturated heterocycles. The first-order valence-electron chi connectivity index (χ1n) is 6.83. The molecule has 0 aliphatic carbocycles. The Morgan fingerprint density at radius 2 is 1.80 bits per heavy atom. The van der Waals surface area contributed by atoms with Gasteiger partial charge >= 0.3 is 7.60 Å². The van der Waals surface area contributed by atoms with Crippen LogP contribution >= 0.6 is 7.60 Å². The summed E-state index contributed by atoms with van der Waals surface area (Å²) in [5, 5.41) is 0.505. The van der Waals surface area contributed by atoms with Gasteiger partial charge in [0.25, 0.3) is 0 Å². The summed E-state index contributed by atoms with van der Waals surface area (Å²) in [6, 6.07) is 7.80. The molecule has 1 aromatic carbocycles. The van der Waals surface area contributed by atoms with Crippen molar-refractivity contribution in [2.45, 2.75) is 34.6 Å². The molecular weight excluding hydrogens is 271 g/mol. The van der Waals surface area contributed by atoms with Gasteiger partial charge in [-0.05, 0) is 45.8 Å². The predicted molar refractivity (Wildman–Crippen MR) is 83.8 cm³/mol. The summed E-state index contributed by atoms with van der Waals surface area (Å²) in [5.41, 5.74) is 6.01. The number of benzene rings is 1. The first kappa shape index (κ1) is 16.9. The summed E-state index contributed by atoms with van der Waals surface area (Å²) in [4.78, 5) is 0. The Morgan fingerprint density at radius 3 is 2.25 bits per heavy atom. The van der Waals surface area contributed by atoms with Crippen LogP contribution in [0.1, 0.15) is 38.8 Å². The largest absolute Gasteiger partial charge is 0.369 e. The zero-order valence-electron chi connectivity index (χ0n) is 12.9. The van der Waals surface area contributed by atoms with Crippen molar-refractivity contribution < 1.29 is 13.6 Å². The second kappa shape index (κ2) is 7.61. The van der Waals surface area contributed by atoms with E-state index >= 15 is 0 Å². The van der Waals surface area contributed by atoms with E-state index in [0.717, 1.165) is 16.7 Å². The lowest BCUT2D eigenvalue weighted by atomic mass is 10.1. The molecule has 0 aromatic heterocycles. The van der Waals surface area contributed by atoms with Gasteiger partial charge in [0.1, 0.15) is 5.31 Å². The number of rotatable bonds is 6. The lowest BCUT2D eigenvalue weighted by molar-refractivity contribution is 0.230. The van der Waals surface area contributed by atoms with Gasteiger partial charge in [0.15, 0.2) is 0 Å². The molecule has 0 amide bonds. The second-order valence-corrected chi connectivity index (χ2v) is 6.63. The van der Waals surface area contributed by atoms with E-state index in [0.29, 0.717) is 18.5 Å². The minimum Gasteiger partial charge on any atom is -0.305 e. The maximum atomic E-state index is 13.0. The van der Waals surface area contributed by atoms with Crippen LogP contribution in [0.4, 0.5) is 0 Å². The highest BCUT2D eigenvalue weighted by Crippen LogP contribution is 2.60. The van der Waals surface area contributed by atoms with Gasteiger partial charge in [-0.3, -0.25) is 4.57 Å². The average Bonchev–Trinajstić information content (AvgIpc) is 2.36. The molecular formula is C16H23O3P. The van der Waals surface area contributed by atoms with Gasteiger partial charge in [0.05, 0.1) is 13.2 Å². The van der Waals surface area contributed by atoms with Crippen LogP contribution in [0.25, 0.3) is 5.31 Å². The molecule has 0 spiro atoms. The number of aryl methyl sites for hydroxylation is 1. The van der Waals surface area contributed by atoms with Crippen LogP contribution in [0, 0.1) is 6.92 Å². The SMILES string of the molecule is CCOP(=O)(OCC)C(=C=C(C)C)c1cccc(C)c1. The zero-order valence-corrected chi connectivity index (χ0v) is 13.8. The van der Waals surface area contributed by atoms with Gasteiger partial charge in [0, 0.05) is 0 Å². The van der Waals surface area contributed by atoms with Crippen molar-refractivity contribution in [2.24, 2.45) is 0 Å². The summed E-state index contributed by atoms with van der Waals surface area (Å²) in [6.07, 6.45) is 0. The molecule has 0 heterocycles. The van der Waals surface area contributed by atoms with E-state index in [9.17, 15) is 4.57 Å². The van der Waals surface area contributed by atoms with Gasteiger partial charge < -0.3 is 9.05 Å². The molecule has 0 fully saturated rings. The lowest BCUT2D eigenvalue weighted by Crippen LogP contribution is -1.98. The van der Waals surface area contributed by atoms with E-state index in [2.05, 4.69) is 5.73 Å². The summed E-state index contributed by atoms with van der Waals surface area (Å²) >= 11 is 0. The molecule has 110 valence electrons. The highest BCUT2D eigenvalue weighted by molar-refractivity contribution is 7.65. The first-order chi connectivity index (χ1) is 9.42. The normalized spacial score (nSPS) is 11.1. The van der Waals surface area contributed by atoms with E-state index in [-0.39, 0.29) is 0 Å². The van der Waals surface area contributed by atoms with Crippen LogP contribution in [-0.4, -0.2) is 13.2 Å². The molecule has 4 heteroatoms. The van der Waals surface area contributed by atoms with Gasteiger partial charge in [-0.2, -0.15) is 0 Å². The van der Waals surface area contributed by atoms with Crippen molar-refractivity contribution in [2.75, 3.05) is 13.2 Å².